The second-order valence-corrected chi connectivity index (χ2v) is 6.11. The summed E-state index contributed by atoms with van der Waals surface area (Å²) in [6, 6.07) is 17.0. The van der Waals surface area contributed by atoms with Gasteiger partial charge >= 0.3 is 5.97 Å². The molecule has 0 radical (unpaired) electrons. The van der Waals surface area contributed by atoms with E-state index < -0.39 is 18.5 Å². The van der Waals surface area contributed by atoms with Crippen LogP contribution in [0, 0.1) is 0 Å². The van der Waals surface area contributed by atoms with E-state index in [1.54, 1.807) is 12.1 Å². The van der Waals surface area contributed by atoms with Gasteiger partial charge in [0.1, 0.15) is 12.3 Å². The van der Waals surface area contributed by atoms with Gasteiger partial charge in [-0.1, -0.05) is 42.5 Å². The van der Waals surface area contributed by atoms with Crippen molar-refractivity contribution in [3.63, 3.8) is 0 Å². The van der Waals surface area contributed by atoms with Gasteiger partial charge in [-0.05, 0) is 28.5 Å². The number of fused-ring (bicyclic) bond motifs is 1. The molecular formula is C21H20N2O5. The van der Waals surface area contributed by atoms with Crippen molar-refractivity contribution in [1.29, 1.82) is 0 Å². The Morgan fingerprint density at radius 1 is 0.893 bits per heavy atom. The van der Waals surface area contributed by atoms with Gasteiger partial charge in [0.25, 0.3) is 5.91 Å². The lowest BCUT2D eigenvalue weighted by Crippen LogP contribution is -2.34. The fourth-order valence-corrected chi connectivity index (χ4v) is 2.70. The quantitative estimate of drug-likeness (QED) is 0.582. The number of rotatable bonds is 8. The predicted molar refractivity (Wildman–Crippen MR) is 102 cm³/mol. The number of carbonyl (C=O) groups is 3. The van der Waals surface area contributed by atoms with Crippen LogP contribution in [0.4, 0.5) is 0 Å². The molecule has 2 amide bonds. The monoisotopic (exact) mass is 380 g/mol. The summed E-state index contributed by atoms with van der Waals surface area (Å²) in [7, 11) is 0. The third kappa shape index (κ3) is 5.44. The highest BCUT2D eigenvalue weighted by Gasteiger charge is 2.11. The predicted octanol–water partition coefficient (Wildman–Crippen LogP) is 1.95. The highest BCUT2D eigenvalue weighted by molar-refractivity contribution is 5.91. The summed E-state index contributed by atoms with van der Waals surface area (Å²) in [6.07, 6.45) is 1.65. The lowest BCUT2D eigenvalue weighted by molar-refractivity contribution is -0.148. The van der Waals surface area contributed by atoms with Gasteiger partial charge in [0, 0.05) is 0 Å². The lowest BCUT2D eigenvalue weighted by Gasteiger charge is -2.08. The number of furan rings is 1. The molecule has 0 saturated heterocycles. The van der Waals surface area contributed by atoms with Crippen LogP contribution in [0.2, 0.25) is 0 Å². The summed E-state index contributed by atoms with van der Waals surface area (Å²) in [6.45, 7) is -0.501. The Bertz CT molecular complexity index is 961. The van der Waals surface area contributed by atoms with Crippen molar-refractivity contribution in [2.45, 2.75) is 13.0 Å². The van der Waals surface area contributed by atoms with Crippen LogP contribution in [0.15, 0.2) is 65.3 Å². The van der Waals surface area contributed by atoms with Crippen LogP contribution in [0.25, 0.3) is 10.8 Å². The molecule has 2 aromatic carbocycles. The van der Waals surface area contributed by atoms with Crippen molar-refractivity contribution >= 4 is 28.6 Å². The van der Waals surface area contributed by atoms with Gasteiger partial charge in [0.15, 0.2) is 6.61 Å². The Labute approximate surface area is 161 Å². The lowest BCUT2D eigenvalue weighted by atomic mass is 10.0. The number of esters is 1. The molecule has 0 aliphatic heterocycles. The minimum Gasteiger partial charge on any atom is -0.467 e. The molecule has 0 aliphatic rings. The normalized spacial score (nSPS) is 10.4. The number of hydrogen-bond donors (Lipinski definition) is 2. The molecule has 7 heteroatoms. The number of benzene rings is 2. The SMILES string of the molecule is O=C(COC(=O)CNC(=O)Cc1cccc2ccccc12)NCc1ccco1. The van der Waals surface area contributed by atoms with Gasteiger partial charge in [-0.2, -0.15) is 0 Å². The van der Waals surface area contributed by atoms with Crippen molar-refractivity contribution in [3.05, 3.63) is 72.2 Å². The zero-order chi connectivity index (χ0) is 19.8. The molecule has 7 nitrogen and oxygen atoms in total. The molecule has 0 spiro atoms. The third-order valence-corrected chi connectivity index (χ3v) is 4.06. The first kappa shape index (κ1) is 19.2. The van der Waals surface area contributed by atoms with E-state index in [0.29, 0.717) is 5.76 Å². The molecule has 0 fully saturated rings. The van der Waals surface area contributed by atoms with E-state index in [0.717, 1.165) is 16.3 Å². The molecule has 1 heterocycles. The second kappa shape index (κ2) is 9.36. The minimum absolute atomic E-state index is 0.151. The minimum atomic E-state index is -0.681. The van der Waals surface area contributed by atoms with E-state index in [9.17, 15) is 14.4 Å². The van der Waals surface area contributed by atoms with Crippen LogP contribution in [-0.2, 0) is 32.1 Å². The molecule has 0 unspecified atom stereocenters. The molecule has 3 aromatic rings. The first-order chi connectivity index (χ1) is 13.6. The zero-order valence-electron chi connectivity index (χ0n) is 15.1. The standard InChI is InChI=1S/C21H20N2O5/c24-19(11-16-7-3-6-15-5-1-2-9-18(15)16)23-13-21(26)28-14-20(25)22-12-17-8-4-10-27-17/h1-10H,11-14H2,(H,22,25)(H,23,24). The smallest absolute Gasteiger partial charge is 0.325 e. The Morgan fingerprint density at radius 3 is 2.54 bits per heavy atom. The zero-order valence-corrected chi connectivity index (χ0v) is 15.1. The van der Waals surface area contributed by atoms with Gasteiger partial charge in [-0.25, -0.2) is 0 Å². The van der Waals surface area contributed by atoms with Crippen molar-refractivity contribution in [2.24, 2.45) is 0 Å². The summed E-state index contributed by atoms with van der Waals surface area (Å²) >= 11 is 0. The van der Waals surface area contributed by atoms with Gasteiger partial charge in [0.05, 0.1) is 19.2 Å². The van der Waals surface area contributed by atoms with E-state index in [4.69, 9.17) is 9.15 Å². The van der Waals surface area contributed by atoms with Crippen LogP contribution < -0.4 is 10.6 Å². The first-order valence-electron chi connectivity index (χ1n) is 8.80. The highest BCUT2D eigenvalue weighted by atomic mass is 16.5. The van der Waals surface area contributed by atoms with Crippen LogP contribution >= 0.6 is 0 Å². The maximum absolute atomic E-state index is 12.1. The highest BCUT2D eigenvalue weighted by Crippen LogP contribution is 2.18. The van der Waals surface area contributed by atoms with E-state index >= 15 is 0 Å². The second-order valence-electron chi connectivity index (χ2n) is 6.11. The molecular weight excluding hydrogens is 360 g/mol. The summed E-state index contributed by atoms with van der Waals surface area (Å²) in [5, 5.41) is 7.12. The fourth-order valence-electron chi connectivity index (χ4n) is 2.70. The van der Waals surface area contributed by atoms with E-state index in [1.807, 2.05) is 42.5 Å². The van der Waals surface area contributed by atoms with Gasteiger partial charge in [-0.15, -0.1) is 0 Å². The fraction of sp³-hybridized carbons (Fsp3) is 0.190. The molecule has 144 valence electrons. The summed E-state index contributed by atoms with van der Waals surface area (Å²) in [5.74, 6) is -0.831. The number of amides is 2. The molecule has 1 aromatic heterocycles. The molecule has 0 bridgehead atoms. The molecule has 0 saturated carbocycles. The topological polar surface area (TPSA) is 97.6 Å². The number of carbonyl (C=O) groups excluding carboxylic acids is 3. The van der Waals surface area contributed by atoms with Crippen molar-refractivity contribution < 1.29 is 23.5 Å². The van der Waals surface area contributed by atoms with Crippen LogP contribution in [0.5, 0.6) is 0 Å². The summed E-state index contributed by atoms with van der Waals surface area (Å²) in [5.41, 5.74) is 0.876. The Balaban J connectivity index is 1.39. The van der Waals surface area contributed by atoms with E-state index in [2.05, 4.69) is 10.6 Å². The Hall–Kier alpha value is -3.61. The summed E-state index contributed by atoms with van der Waals surface area (Å²) in [4.78, 5) is 35.5. The molecule has 3 rings (SSSR count). The maximum Gasteiger partial charge on any atom is 0.325 e. The number of ether oxygens (including phenoxy) is 1. The Kier molecular flexibility index (Phi) is 6.41. The average molecular weight is 380 g/mol. The molecule has 0 aliphatic carbocycles. The van der Waals surface area contributed by atoms with Crippen LogP contribution in [-0.4, -0.2) is 30.9 Å². The molecule has 28 heavy (non-hydrogen) atoms. The largest absolute Gasteiger partial charge is 0.467 e. The number of hydrogen-bond acceptors (Lipinski definition) is 5. The van der Waals surface area contributed by atoms with Crippen molar-refractivity contribution in [1.82, 2.24) is 10.6 Å². The van der Waals surface area contributed by atoms with Gasteiger partial charge in [-0.3, -0.25) is 14.4 Å². The molecule has 0 atom stereocenters. The first-order valence-corrected chi connectivity index (χ1v) is 8.80. The molecule has 2 N–H and O–H groups in total. The van der Waals surface area contributed by atoms with E-state index in [-0.39, 0.29) is 25.4 Å². The van der Waals surface area contributed by atoms with Crippen molar-refractivity contribution in [3.8, 4) is 0 Å². The third-order valence-electron chi connectivity index (χ3n) is 4.06. The average Bonchev–Trinajstić information content (AvgIpc) is 3.23. The van der Waals surface area contributed by atoms with Crippen LogP contribution in [0.1, 0.15) is 11.3 Å². The van der Waals surface area contributed by atoms with Crippen molar-refractivity contribution in [2.75, 3.05) is 13.2 Å². The van der Waals surface area contributed by atoms with E-state index in [1.165, 1.54) is 6.26 Å². The van der Waals surface area contributed by atoms with Crippen LogP contribution in [0.3, 0.4) is 0 Å². The van der Waals surface area contributed by atoms with Gasteiger partial charge < -0.3 is 19.8 Å². The summed E-state index contributed by atoms with van der Waals surface area (Å²) < 4.78 is 9.93. The number of nitrogens with one attached hydrogen (secondary N) is 2. The maximum atomic E-state index is 12.1. The Morgan fingerprint density at radius 2 is 1.71 bits per heavy atom. The van der Waals surface area contributed by atoms with Gasteiger partial charge in [0.2, 0.25) is 5.91 Å².